The fourth-order valence-corrected chi connectivity index (χ4v) is 5.03. The van der Waals surface area contributed by atoms with Crippen LogP contribution in [-0.2, 0) is 19.4 Å². The largest absolute Gasteiger partial charge is 0.352 e. The number of thiophene rings is 1. The van der Waals surface area contributed by atoms with E-state index in [1.165, 1.54) is 22.4 Å². The fraction of sp³-hybridized carbons (Fsp3) is 0.522. The zero-order valence-electron chi connectivity index (χ0n) is 16.8. The lowest BCUT2D eigenvalue weighted by molar-refractivity contribution is 0.0949. The first-order valence-corrected chi connectivity index (χ1v) is 11.1. The molecule has 0 bridgehead atoms. The van der Waals surface area contributed by atoms with E-state index >= 15 is 0 Å². The maximum absolute atomic E-state index is 12.6. The lowest BCUT2D eigenvalue weighted by Gasteiger charge is -2.26. The molecule has 0 radical (unpaired) electrons. The van der Waals surface area contributed by atoms with Crippen molar-refractivity contribution in [2.24, 2.45) is 5.92 Å². The molecule has 0 saturated heterocycles. The van der Waals surface area contributed by atoms with Gasteiger partial charge in [0.2, 0.25) is 0 Å². The second kappa shape index (κ2) is 9.52. The van der Waals surface area contributed by atoms with Crippen LogP contribution < -0.4 is 5.32 Å². The number of hydrogen-bond donors (Lipinski definition) is 1. The third-order valence-electron chi connectivity index (χ3n) is 5.51. The van der Waals surface area contributed by atoms with E-state index in [0.717, 1.165) is 50.4 Å². The lowest BCUT2D eigenvalue weighted by atomic mass is 9.88. The first-order chi connectivity index (χ1) is 13.0. The zero-order valence-corrected chi connectivity index (χ0v) is 17.6. The van der Waals surface area contributed by atoms with Crippen molar-refractivity contribution in [2.75, 3.05) is 13.1 Å². The Bertz CT molecular complexity index is 738. The van der Waals surface area contributed by atoms with E-state index in [4.69, 9.17) is 0 Å². The van der Waals surface area contributed by atoms with Gasteiger partial charge >= 0.3 is 0 Å². The summed E-state index contributed by atoms with van der Waals surface area (Å²) < 4.78 is 0. The van der Waals surface area contributed by atoms with Gasteiger partial charge in [0.05, 0.1) is 5.56 Å². The molecule has 146 valence electrons. The van der Waals surface area contributed by atoms with Crippen LogP contribution in [0, 0.1) is 5.92 Å². The van der Waals surface area contributed by atoms with Gasteiger partial charge in [0.15, 0.2) is 0 Å². The van der Waals surface area contributed by atoms with Gasteiger partial charge in [-0.25, -0.2) is 0 Å². The summed E-state index contributed by atoms with van der Waals surface area (Å²) in [6.45, 7) is 9.46. The van der Waals surface area contributed by atoms with Crippen LogP contribution in [0.2, 0.25) is 0 Å². The number of amides is 1. The number of carbonyl (C=O) groups is 1. The summed E-state index contributed by atoms with van der Waals surface area (Å²) in [5, 5.41) is 5.21. The van der Waals surface area contributed by atoms with E-state index in [-0.39, 0.29) is 5.91 Å². The molecule has 0 fully saturated rings. The molecule has 1 aliphatic carbocycles. The molecule has 1 unspecified atom stereocenters. The molecule has 2 aromatic rings. The molecule has 1 heterocycles. The molecule has 1 atom stereocenters. The van der Waals surface area contributed by atoms with E-state index in [0.29, 0.717) is 6.04 Å². The number of fused-ring (bicyclic) bond motifs is 1. The Kier molecular flexibility index (Phi) is 7.08. The van der Waals surface area contributed by atoms with E-state index in [1.54, 1.807) is 11.3 Å². The fourth-order valence-electron chi connectivity index (χ4n) is 3.78. The predicted molar refractivity (Wildman–Crippen MR) is 114 cm³/mol. The lowest BCUT2D eigenvalue weighted by Crippen LogP contribution is -2.34. The number of carbonyl (C=O) groups excluding carboxylic acids is 1. The van der Waals surface area contributed by atoms with Crippen LogP contribution >= 0.6 is 11.3 Å². The molecule has 1 aliphatic rings. The second-order valence-electron chi connectivity index (χ2n) is 8.06. The van der Waals surface area contributed by atoms with Crippen molar-refractivity contribution in [1.82, 2.24) is 10.2 Å². The normalized spacial score (nSPS) is 16.6. The highest BCUT2D eigenvalue weighted by Crippen LogP contribution is 2.32. The van der Waals surface area contributed by atoms with Crippen molar-refractivity contribution in [2.45, 2.75) is 59.0 Å². The minimum absolute atomic E-state index is 0.112. The van der Waals surface area contributed by atoms with Gasteiger partial charge in [-0.1, -0.05) is 37.3 Å². The summed E-state index contributed by atoms with van der Waals surface area (Å²) in [6.07, 6.45) is 4.37. The van der Waals surface area contributed by atoms with Crippen LogP contribution in [0.4, 0.5) is 0 Å². The first-order valence-electron chi connectivity index (χ1n) is 10.2. The van der Waals surface area contributed by atoms with Crippen molar-refractivity contribution < 1.29 is 4.79 Å². The van der Waals surface area contributed by atoms with E-state index in [9.17, 15) is 4.79 Å². The Morgan fingerprint density at radius 1 is 1.30 bits per heavy atom. The molecule has 4 heteroatoms. The maximum Gasteiger partial charge on any atom is 0.252 e. The molecule has 0 aliphatic heterocycles. The number of rotatable bonds is 8. The summed E-state index contributed by atoms with van der Waals surface area (Å²) in [4.78, 5) is 16.5. The highest BCUT2D eigenvalue weighted by molar-refractivity contribution is 7.10. The molecular formula is C23H32N2OS. The SMILES string of the molecule is CC1CCc2c(C(=O)NCCCN(Cc3ccccc3)C(C)C)csc2C1. The van der Waals surface area contributed by atoms with Gasteiger partial charge in [-0.15, -0.1) is 11.3 Å². The third-order valence-corrected chi connectivity index (χ3v) is 6.56. The van der Waals surface area contributed by atoms with E-state index < -0.39 is 0 Å². The summed E-state index contributed by atoms with van der Waals surface area (Å²) >= 11 is 1.76. The second-order valence-corrected chi connectivity index (χ2v) is 9.02. The van der Waals surface area contributed by atoms with Crippen LogP contribution in [0.15, 0.2) is 35.7 Å². The summed E-state index contributed by atoms with van der Waals surface area (Å²) in [5.41, 5.74) is 3.57. The minimum atomic E-state index is 0.112. The van der Waals surface area contributed by atoms with Crippen LogP contribution in [0.1, 0.15) is 60.0 Å². The standard InChI is InChI=1S/C23H32N2OS/c1-17(2)25(15-19-8-5-4-6-9-19)13-7-12-24-23(26)21-16-27-22-14-18(3)10-11-20(21)22/h4-6,8-9,16-18H,7,10-15H2,1-3H3,(H,24,26). The van der Waals surface area contributed by atoms with Crippen molar-refractivity contribution in [3.8, 4) is 0 Å². The smallest absolute Gasteiger partial charge is 0.252 e. The number of benzene rings is 1. The number of nitrogens with zero attached hydrogens (tertiary/aromatic N) is 1. The highest BCUT2D eigenvalue weighted by Gasteiger charge is 2.23. The highest BCUT2D eigenvalue weighted by atomic mass is 32.1. The molecule has 27 heavy (non-hydrogen) atoms. The quantitative estimate of drug-likeness (QED) is 0.656. The van der Waals surface area contributed by atoms with Gasteiger partial charge in [-0.05, 0) is 56.6 Å². The third kappa shape index (κ3) is 5.43. The Hall–Kier alpha value is -1.65. The zero-order chi connectivity index (χ0) is 19.2. The first kappa shape index (κ1) is 20.1. The Balaban J connectivity index is 1.47. The van der Waals surface area contributed by atoms with Crippen LogP contribution in [0.5, 0.6) is 0 Å². The molecule has 1 aromatic carbocycles. The number of hydrogen-bond acceptors (Lipinski definition) is 3. The monoisotopic (exact) mass is 384 g/mol. The van der Waals surface area contributed by atoms with Crippen LogP contribution in [0.3, 0.4) is 0 Å². The van der Waals surface area contributed by atoms with Gasteiger partial charge in [0.1, 0.15) is 0 Å². The molecule has 1 N–H and O–H groups in total. The summed E-state index contributed by atoms with van der Waals surface area (Å²) in [5.74, 6) is 0.861. The van der Waals surface area contributed by atoms with Crippen molar-refractivity contribution >= 4 is 17.2 Å². The average molecular weight is 385 g/mol. The van der Waals surface area contributed by atoms with Gasteiger partial charge in [-0.3, -0.25) is 9.69 Å². The predicted octanol–water partition coefficient (Wildman–Crippen LogP) is 4.90. The van der Waals surface area contributed by atoms with Gasteiger partial charge in [-0.2, -0.15) is 0 Å². The molecule has 3 rings (SSSR count). The molecule has 1 aromatic heterocycles. The van der Waals surface area contributed by atoms with E-state index in [2.05, 4.69) is 66.7 Å². The number of nitrogens with one attached hydrogen (secondary N) is 1. The van der Waals surface area contributed by atoms with Crippen molar-refractivity contribution in [3.05, 3.63) is 57.3 Å². The maximum atomic E-state index is 12.6. The Labute approximate surface area is 167 Å². The van der Waals surface area contributed by atoms with Crippen LogP contribution in [-0.4, -0.2) is 29.9 Å². The topological polar surface area (TPSA) is 32.3 Å². The summed E-state index contributed by atoms with van der Waals surface area (Å²) in [6, 6.07) is 11.1. The summed E-state index contributed by atoms with van der Waals surface area (Å²) in [7, 11) is 0. The van der Waals surface area contributed by atoms with Crippen molar-refractivity contribution in [1.29, 1.82) is 0 Å². The molecular weight excluding hydrogens is 352 g/mol. The van der Waals surface area contributed by atoms with Gasteiger partial charge < -0.3 is 5.32 Å². The van der Waals surface area contributed by atoms with Gasteiger partial charge in [0.25, 0.3) is 5.91 Å². The van der Waals surface area contributed by atoms with E-state index in [1.807, 2.05) is 0 Å². The van der Waals surface area contributed by atoms with Crippen LogP contribution in [0.25, 0.3) is 0 Å². The Morgan fingerprint density at radius 2 is 2.07 bits per heavy atom. The molecule has 0 spiro atoms. The average Bonchev–Trinajstić information content (AvgIpc) is 3.07. The Morgan fingerprint density at radius 3 is 2.81 bits per heavy atom. The van der Waals surface area contributed by atoms with Crippen molar-refractivity contribution in [3.63, 3.8) is 0 Å². The molecule has 1 amide bonds. The minimum Gasteiger partial charge on any atom is -0.352 e. The molecule has 3 nitrogen and oxygen atoms in total. The molecule has 0 saturated carbocycles. The van der Waals surface area contributed by atoms with Gasteiger partial charge in [0, 0.05) is 35.9 Å².